The molecule has 120 valence electrons. The molecular formula is C13H14F7N. The van der Waals surface area contributed by atoms with Crippen LogP contribution in [0.4, 0.5) is 30.7 Å². The van der Waals surface area contributed by atoms with E-state index >= 15 is 0 Å². The lowest BCUT2D eigenvalue weighted by atomic mass is 9.88. The lowest BCUT2D eigenvalue weighted by Gasteiger charge is -2.24. The molecule has 1 aromatic rings. The Morgan fingerprint density at radius 3 is 1.95 bits per heavy atom. The van der Waals surface area contributed by atoms with Crippen molar-refractivity contribution in [1.82, 2.24) is 0 Å². The third-order valence-electron chi connectivity index (χ3n) is 3.35. The van der Waals surface area contributed by atoms with Gasteiger partial charge >= 0.3 is 12.4 Å². The molecule has 1 rings (SSSR count). The number of nitrogens with two attached hydrogens (primary N) is 1. The number of rotatable bonds is 3. The minimum Gasteiger partial charge on any atom is -0.324 e. The summed E-state index contributed by atoms with van der Waals surface area (Å²) in [5.41, 5.74) is 1.29. The molecule has 2 atom stereocenters. The highest BCUT2D eigenvalue weighted by Gasteiger charge is 2.41. The Kier molecular flexibility index (Phi) is 4.92. The average molecular weight is 317 g/mol. The highest BCUT2D eigenvalue weighted by molar-refractivity contribution is 5.39. The predicted octanol–water partition coefficient (Wildman–Crippen LogP) is 4.91. The van der Waals surface area contributed by atoms with E-state index in [-0.39, 0.29) is 12.1 Å². The van der Waals surface area contributed by atoms with Gasteiger partial charge in [0, 0.05) is 11.6 Å². The van der Waals surface area contributed by atoms with E-state index in [9.17, 15) is 30.7 Å². The second kappa shape index (κ2) is 5.82. The molecule has 1 nitrogen and oxygen atoms in total. The predicted molar refractivity (Wildman–Crippen MR) is 62.8 cm³/mol. The second-order valence-electron chi connectivity index (χ2n) is 4.83. The van der Waals surface area contributed by atoms with Crippen LogP contribution < -0.4 is 5.73 Å². The minimum atomic E-state index is -5.12. The molecule has 0 fully saturated rings. The van der Waals surface area contributed by atoms with Crippen molar-refractivity contribution in [1.29, 1.82) is 0 Å². The van der Waals surface area contributed by atoms with E-state index in [1.807, 2.05) is 0 Å². The fraction of sp³-hybridized carbons (Fsp3) is 0.538. The van der Waals surface area contributed by atoms with E-state index in [1.165, 1.54) is 6.92 Å². The zero-order valence-electron chi connectivity index (χ0n) is 11.2. The average Bonchev–Trinajstić information content (AvgIpc) is 2.33. The van der Waals surface area contributed by atoms with Crippen LogP contribution in [0.3, 0.4) is 0 Å². The molecule has 2 N–H and O–H groups in total. The van der Waals surface area contributed by atoms with Gasteiger partial charge < -0.3 is 5.73 Å². The molecule has 0 amide bonds. The lowest BCUT2D eigenvalue weighted by molar-refractivity contribution is -0.144. The van der Waals surface area contributed by atoms with Crippen molar-refractivity contribution in [2.24, 2.45) is 11.7 Å². The van der Waals surface area contributed by atoms with Crippen LogP contribution in [0.15, 0.2) is 12.1 Å². The van der Waals surface area contributed by atoms with Crippen LogP contribution in [0.2, 0.25) is 0 Å². The first-order chi connectivity index (χ1) is 9.39. The van der Waals surface area contributed by atoms with Crippen molar-refractivity contribution in [3.05, 3.63) is 34.6 Å². The van der Waals surface area contributed by atoms with Gasteiger partial charge in [0.15, 0.2) is 0 Å². The largest absolute Gasteiger partial charge is 0.416 e. The molecule has 0 heterocycles. The molecule has 0 aliphatic heterocycles. The summed E-state index contributed by atoms with van der Waals surface area (Å²) >= 11 is 0. The summed E-state index contributed by atoms with van der Waals surface area (Å²) in [5.74, 6) is -2.11. The maximum absolute atomic E-state index is 13.8. The van der Waals surface area contributed by atoms with Crippen LogP contribution in [0.1, 0.15) is 43.0 Å². The topological polar surface area (TPSA) is 26.0 Å². The summed E-state index contributed by atoms with van der Waals surface area (Å²) in [7, 11) is 0. The van der Waals surface area contributed by atoms with Gasteiger partial charge in [-0.05, 0) is 18.1 Å². The Morgan fingerprint density at radius 2 is 1.57 bits per heavy atom. The van der Waals surface area contributed by atoms with Gasteiger partial charge in [0.1, 0.15) is 5.82 Å². The molecule has 1 unspecified atom stereocenters. The maximum Gasteiger partial charge on any atom is 0.416 e. The molecule has 21 heavy (non-hydrogen) atoms. The Hall–Kier alpha value is -1.31. The maximum atomic E-state index is 13.8. The number of halogens is 7. The van der Waals surface area contributed by atoms with Crippen molar-refractivity contribution in [2.75, 3.05) is 0 Å². The molecule has 0 saturated carbocycles. The van der Waals surface area contributed by atoms with Crippen molar-refractivity contribution in [3.63, 3.8) is 0 Å². The minimum absolute atomic E-state index is 0.0484. The van der Waals surface area contributed by atoms with Crippen molar-refractivity contribution >= 4 is 0 Å². The van der Waals surface area contributed by atoms with E-state index in [4.69, 9.17) is 5.73 Å². The molecule has 1 aromatic carbocycles. The van der Waals surface area contributed by atoms with E-state index in [1.54, 1.807) is 6.92 Å². The first-order valence-electron chi connectivity index (χ1n) is 6.13. The SMILES string of the molecule is CCC(C)[C@H](N)c1c(F)cc(C(F)(F)F)cc1C(F)(F)F. The van der Waals surface area contributed by atoms with E-state index in [0.29, 0.717) is 6.42 Å². The number of hydrogen-bond acceptors (Lipinski definition) is 1. The zero-order valence-corrected chi connectivity index (χ0v) is 11.2. The molecular weight excluding hydrogens is 303 g/mol. The fourth-order valence-electron chi connectivity index (χ4n) is 1.89. The van der Waals surface area contributed by atoms with Crippen LogP contribution in [-0.4, -0.2) is 0 Å². The number of alkyl halides is 6. The van der Waals surface area contributed by atoms with E-state index in [0.717, 1.165) is 0 Å². The Bertz CT molecular complexity index is 504. The third-order valence-corrected chi connectivity index (χ3v) is 3.35. The zero-order chi connectivity index (χ0) is 16.6. The highest BCUT2D eigenvalue weighted by atomic mass is 19.4. The molecule has 0 saturated heterocycles. The van der Waals surface area contributed by atoms with Crippen LogP contribution in [0, 0.1) is 11.7 Å². The Balaban J connectivity index is 3.57. The summed E-state index contributed by atoms with van der Waals surface area (Å²) in [4.78, 5) is 0. The van der Waals surface area contributed by atoms with Gasteiger partial charge in [0.05, 0.1) is 11.1 Å². The van der Waals surface area contributed by atoms with Crippen LogP contribution >= 0.6 is 0 Å². The summed E-state index contributed by atoms with van der Waals surface area (Å²) in [6.45, 7) is 3.14. The van der Waals surface area contributed by atoms with Crippen LogP contribution in [0.5, 0.6) is 0 Å². The molecule has 0 radical (unpaired) electrons. The summed E-state index contributed by atoms with van der Waals surface area (Å²) < 4.78 is 90.2. The normalized spacial score (nSPS) is 15.9. The molecule has 0 aliphatic carbocycles. The first-order valence-corrected chi connectivity index (χ1v) is 6.13. The quantitative estimate of drug-likeness (QED) is 0.788. The molecule has 0 aliphatic rings. The standard InChI is InChI=1S/C13H14F7N/c1-3-6(2)11(21)10-8(13(18,19)20)4-7(5-9(10)14)12(15,16)17/h4-6,11H,3,21H2,1-2H3/t6?,11-/m0/s1. The monoisotopic (exact) mass is 317 g/mol. The number of hydrogen-bond donors (Lipinski definition) is 1. The van der Waals surface area contributed by atoms with Crippen molar-refractivity contribution in [2.45, 2.75) is 38.7 Å². The van der Waals surface area contributed by atoms with Gasteiger partial charge in [-0.1, -0.05) is 20.3 Å². The fourth-order valence-corrected chi connectivity index (χ4v) is 1.89. The molecule has 0 spiro atoms. The van der Waals surface area contributed by atoms with Gasteiger partial charge in [-0.15, -0.1) is 0 Å². The first kappa shape index (κ1) is 17.7. The van der Waals surface area contributed by atoms with Gasteiger partial charge in [0.2, 0.25) is 0 Å². The van der Waals surface area contributed by atoms with Gasteiger partial charge in [-0.25, -0.2) is 4.39 Å². The van der Waals surface area contributed by atoms with Crippen molar-refractivity contribution < 1.29 is 30.7 Å². The van der Waals surface area contributed by atoms with Gasteiger partial charge in [0.25, 0.3) is 0 Å². The Labute approximate surface area is 116 Å². The molecule has 0 aromatic heterocycles. The third kappa shape index (κ3) is 3.87. The lowest BCUT2D eigenvalue weighted by Crippen LogP contribution is -2.25. The van der Waals surface area contributed by atoms with Crippen LogP contribution in [0.25, 0.3) is 0 Å². The molecule has 8 heteroatoms. The van der Waals surface area contributed by atoms with E-state index < -0.39 is 46.8 Å². The summed E-state index contributed by atoms with van der Waals surface area (Å²) in [6.07, 6.45) is -9.83. The summed E-state index contributed by atoms with van der Waals surface area (Å²) in [6, 6.07) is -1.39. The van der Waals surface area contributed by atoms with Gasteiger partial charge in [-0.2, -0.15) is 26.3 Å². The molecule has 0 bridgehead atoms. The highest BCUT2D eigenvalue weighted by Crippen LogP contribution is 2.41. The smallest absolute Gasteiger partial charge is 0.324 e. The van der Waals surface area contributed by atoms with Crippen molar-refractivity contribution in [3.8, 4) is 0 Å². The second-order valence-corrected chi connectivity index (χ2v) is 4.83. The van der Waals surface area contributed by atoms with Crippen LogP contribution in [-0.2, 0) is 12.4 Å². The van der Waals surface area contributed by atoms with Gasteiger partial charge in [-0.3, -0.25) is 0 Å². The Morgan fingerprint density at radius 1 is 1.05 bits per heavy atom. The summed E-state index contributed by atoms with van der Waals surface area (Å²) in [5, 5.41) is 0. The number of benzene rings is 1. The van der Waals surface area contributed by atoms with E-state index in [2.05, 4.69) is 0 Å².